The number of rotatable bonds is 3. The van der Waals surface area contributed by atoms with E-state index in [9.17, 15) is 9.59 Å². The van der Waals surface area contributed by atoms with Gasteiger partial charge >= 0.3 is 6.02 Å². The highest BCUT2D eigenvalue weighted by Gasteiger charge is 2.33. The topological polar surface area (TPSA) is 80.7 Å². The Labute approximate surface area is 176 Å². The van der Waals surface area contributed by atoms with E-state index in [4.69, 9.17) is 16.3 Å². The molecule has 2 amide bonds. The first-order chi connectivity index (χ1) is 13.9. The Balaban J connectivity index is 1.55. The van der Waals surface area contributed by atoms with Crippen LogP contribution in [0.2, 0.25) is 5.02 Å². The zero-order chi connectivity index (χ0) is 20.5. The third kappa shape index (κ3) is 4.06. The molecule has 1 fully saturated rings. The Morgan fingerprint density at radius 3 is 2.69 bits per heavy atom. The number of aromatic nitrogens is 1. The van der Waals surface area contributed by atoms with E-state index in [1.54, 1.807) is 19.1 Å². The fraction of sp³-hybridized carbons (Fsp3) is 0.143. The molecule has 0 aliphatic carbocycles. The van der Waals surface area contributed by atoms with Crippen LogP contribution in [0.4, 0.5) is 0 Å². The summed E-state index contributed by atoms with van der Waals surface area (Å²) in [5.74, 6) is -0.880. The molecule has 1 aromatic heterocycles. The van der Waals surface area contributed by atoms with E-state index in [2.05, 4.69) is 15.3 Å². The van der Waals surface area contributed by atoms with E-state index < -0.39 is 12.0 Å². The van der Waals surface area contributed by atoms with E-state index in [0.29, 0.717) is 26.2 Å². The highest BCUT2D eigenvalue weighted by molar-refractivity contribution is 7.17. The van der Waals surface area contributed by atoms with Gasteiger partial charge in [0.1, 0.15) is 9.88 Å². The molecule has 1 aliphatic rings. The van der Waals surface area contributed by atoms with Gasteiger partial charge in [0.25, 0.3) is 11.8 Å². The highest BCUT2D eigenvalue weighted by atomic mass is 35.5. The fourth-order valence-electron chi connectivity index (χ4n) is 2.86. The molecular weight excluding hydrogens is 410 g/mol. The lowest BCUT2D eigenvalue weighted by molar-refractivity contribution is -0.123. The summed E-state index contributed by atoms with van der Waals surface area (Å²) in [5.41, 5.74) is 3.15. The van der Waals surface area contributed by atoms with E-state index in [0.717, 1.165) is 11.1 Å². The Kier molecular flexibility index (Phi) is 5.17. The maximum absolute atomic E-state index is 12.7. The second-order valence-corrected chi connectivity index (χ2v) is 8.00. The van der Waals surface area contributed by atoms with Crippen molar-refractivity contribution in [1.29, 1.82) is 0 Å². The minimum atomic E-state index is -0.827. The summed E-state index contributed by atoms with van der Waals surface area (Å²) >= 11 is 7.25. The van der Waals surface area contributed by atoms with Crippen LogP contribution >= 0.6 is 22.9 Å². The maximum Gasteiger partial charge on any atom is 0.300 e. The van der Waals surface area contributed by atoms with Gasteiger partial charge in [0, 0.05) is 16.1 Å². The number of amidine groups is 1. The molecule has 2 heterocycles. The van der Waals surface area contributed by atoms with E-state index in [-0.39, 0.29) is 11.9 Å². The Morgan fingerprint density at radius 1 is 1.21 bits per heavy atom. The van der Waals surface area contributed by atoms with E-state index in [1.807, 2.05) is 43.3 Å². The summed E-state index contributed by atoms with van der Waals surface area (Å²) < 4.78 is 5.57. The van der Waals surface area contributed by atoms with Crippen LogP contribution in [0.15, 0.2) is 53.5 Å². The van der Waals surface area contributed by atoms with Crippen LogP contribution in [0.5, 0.6) is 0 Å². The molecule has 1 aliphatic heterocycles. The lowest BCUT2D eigenvalue weighted by Crippen LogP contribution is -2.22. The van der Waals surface area contributed by atoms with Gasteiger partial charge in [0.2, 0.25) is 6.10 Å². The number of hydrogen-bond acceptors (Lipinski definition) is 5. The second-order valence-electron chi connectivity index (χ2n) is 6.56. The van der Waals surface area contributed by atoms with Crippen LogP contribution in [0, 0.1) is 13.8 Å². The molecule has 0 saturated carbocycles. The van der Waals surface area contributed by atoms with Gasteiger partial charge < -0.3 is 4.74 Å². The van der Waals surface area contributed by atoms with Crippen molar-refractivity contribution in [1.82, 2.24) is 10.3 Å². The zero-order valence-electron chi connectivity index (χ0n) is 15.6. The molecule has 3 aromatic rings. The highest BCUT2D eigenvalue weighted by Crippen LogP contribution is 2.30. The summed E-state index contributed by atoms with van der Waals surface area (Å²) in [6.07, 6.45) is -0.827. The molecule has 146 valence electrons. The second kappa shape index (κ2) is 7.77. The number of carbonyl (C=O) groups is 2. The number of aliphatic imine (C=N–C) groups is 1. The van der Waals surface area contributed by atoms with Gasteiger partial charge in [0.15, 0.2) is 0 Å². The summed E-state index contributed by atoms with van der Waals surface area (Å²) in [6.45, 7) is 3.70. The van der Waals surface area contributed by atoms with E-state index in [1.165, 1.54) is 11.3 Å². The van der Waals surface area contributed by atoms with Crippen molar-refractivity contribution in [3.05, 3.63) is 75.3 Å². The largest absolute Gasteiger partial charge is 0.446 e. The minimum absolute atomic E-state index is 0.109. The van der Waals surface area contributed by atoms with Crippen molar-refractivity contribution in [2.75, 3.05) is 0 Å². The molecule has 0 spiro atoms. The molecular formula is C21H16ClN3O3S. The smallest absolute Gasteiger partial charge is 0.300 e. The standard InChI is InChI=1S/C21H16ClN3O3S/c1-11-6-8-13(9-7-11)16-18(26)24-21(28-16)25-19(27)17-12(2)23-20(29-17)14-4-3-5-15(22)10-14/h3-10,16H,1-2H3,(H,24,25,26,27)/t16-/m0/s1. The molecule has 1 saturated heterocycles. The van der Waals surface area contributed by atoms with Crippen molar-refractivity contribution in [3.8, 4) is 10.6 Å². The Morgan fingerprint density at radius 2 is 1.97 bits per heavy atom. The monoisotopic (exact) mass is 425 g/mol. The van der Waals surface area contributed by atoms with Gasteiger partial charge in [-0.2, -0.15) is 4.99 Å². The summed E-state index contributed by atoms with van der Waals surface area (Å²) in [7, 11) is 0. The van der Waals surface area contributed by atoms with Gasteiger partial charge in [-0.25, -0.2) is 4.98 Å². The molecule has 2 aromatic carbocycles. The third-order valence-corrected chi connectivity index (χ3v) is 5.77. The number of ether oxygens (including phenoxy) is 1. The predicted octanol–water partition coefficient (Wildman–Crippen LogP) is 4.46. The average Bonchev–Trinajstić information content (AvgIpc) is 3.25. The van der Waals surface area contributed by atoms with Crippen LogP contribution in [-0.2, 0) is 9.53 Å². The number of nitrogens with one attached hydrogen (secondary N) is 1. The predicted molar refractivity (Wildman–Crippen MR) is 112 cm³/mol. The van der Waals surface area contributed by atoms with Crippen molar-refractivity contribution in [3.63, 3.8) is 0 Å². The molecule has 0 radical (unpaired) electrons. The number of benzene rings is 2. The lowest BCUT2D eigenvalue weighted by Gasteiger charge is -2.07. The Bertz CT molecular complexity index is 1140. The van der Waals surface area contributed by atoms with Crippen LogP contribution in [0.25, 0.3) is 10.6 Å². The van der Waals surface area contributed by atoms with Crippen molar-refractivity contribution in [2.45, 2.75) is 20.0 Å². The van der Waals surface area contributed by atoms with Gasteiger partial charge in [-0.15, -0.1) is 11.3 Å². The lowest BCUT2D eigenvalue weighted by atomic mass is 10.1. The normalized spacial score (nSPS) is 17.3. The van der Waals surface area contributed by atoms with Gasteiger partial charge in [-0.05, 0) is 26.0 Å². The number of nitrogens with zero attached hydrogens (tertiary/aromatic N) is 2. The number of thiazole rings is 1. The van der Waals surface area contributed by atoms with Gasteiger partial charge in [-0.1, -0.05) is 53.6 Å². The number of hydrogen-bond donors (Lipinski definition) is 1. The summed E-state index contributed by atoms with van der Waals surface area (Å²) in [6, 6.07) is 14.6. The first-order valence-electron chi connectivity index (χ1n) is 8.81. The molecule has 6 nitrogen and oxygen atoms in total. The van der Waals surface area contributed by atoms with Crippen molar-refractivity contribution in [2.24, 2.45) is 4.99 Å². The fourth-order valence-corrected chi connectivity index (χ4v) is 4.00. The summed E-state index contributed by atoms with van der Waals surface area (Å²) in [5, 5.41) is 3.78. The molecule has 1 N–H and O–H groups in total. The Hall–Kier alpha value is -3.03. The van der Waals surface area contributed by atoms with E-state index >= 15 is 0 Å². The van der Waals surface area contributed by atoms with Crippen LogP contribution in [-0.4, -0.2) is 22.8 Å². The molecule has 8 heteroatoms. The summed E-state index contributed by atoms with van der Waals surface area (Å²) in [4.78, 5) is 33.6. The average molecular weight is 426 g/mol. The molecule has 29 heavy (non-hydrogen) atoms. The van der Waals surface area contributed by atoms with Crippen LogP contribution < -0.4 is 5.32 Å². The van der Waals surface area contributed by atoms with Crippen molar-refractivity contribution < 1.29 is 14.3 Å². The van der Waals surface area contributed by atoms with Crippen molar-refractivity contribution >= 4 is 40.8 Å². The molecule has 4 rings (SSSR count). The quantitative estimate of drug-likeness (QED) is 0.671. The number of aryl methyl sites for hydroxylation is 2. The van der Waals surface area contributed by atoms with Gasteiger partial charge in [0.05, 0.1) is 5.69 Å². The van der Waals surface area contributed by atoms with Gasteiger partial charge in [-0.3, -0.25) is 14.9 Å². The van der Waals surface area contributed by atoms with Crippen LogP contribution in [0.1, 0.15) is 32.6 Å². The first kappa shape index (κ1) is 19.3. The number of halogens is 1. The first-order valence-corrected chi connectivity index (χ1v) is 10.0. The number of amides is 2. The zero-order valence-corrected chi connectivity index (χ0v) is 17.2. The molecule has 0 unspecified atom stereocenters. The molecule has 1 atom stereocenters. The maximum atomic E-state index is 12.7. The number of carbonyl (C=O) groups excluding carboxylic acids is 2. The molecule has 0 bridgehead atoms. The third-order valence-electron chi connectivity index (χ3n) is 4.34. The minimum Gasteiger partial charge on any atom is -0.446 e. The van der Waals surface area contributed by atoms with Crippen LogP contribution in [0.3, 0.4) is 0 Å². The SMILES string of the molecule is Cc1ccc([C@@H]2OC(=NC(=O)c3sc(-c4cccc(Cl)c4)nc3C)NC2=O)cc1.